The van der Waals surface area contributed by atoms with Crippen LogP contribution in [0.2, 0.25) is 0 Å². The van der Waals surface area contributed by atoms with Gasteiger partial charge in [0.2, 0.25) is 5.91 Å². The number of carbonyl (C=O) groups excluding carboxylic acids is 1. The van der Waals surface area contributed by atoms with Gasteiger partial charge in [-0.05, 0) is 39.0 Å². The van der Waals surface area contributed by atoms with Crippen molar-refractivity contribution in [3.8, 4) is 0 Å². The molecule has 9 heteroatoms. The predicted octanol–water partition coefficient (Wildman–Crippen LogP) is -0.857. The normalized spacial score (nSPS) is 39.9. The lowest BCUT2D eigenvalue weighted by molar-refractivity contribution is -0.211. The largest absolute Gasteiger partial charge is 0.391 e. The Bertz CT molecular complexity index is 494. The average Bonchev–Trinajstić information content (AvgIpc) is 2.99. The Kier molecular flexibility index (Phi) is 8.35. The van der Waals surface area contributed by atoms with Crippen molar-refractivity contribution in [1.29, 1.82) is 0 Å². The molecule has 2 fully saturated rings. The first-order chi connectivity index (χ1) is 12.7. The molecule has 2 aliphatic rings. The van der Waals surface area contributed by atoms with Gasteiger partial charge in [0.15, 0.2) is 0 Å². The summed E-state index contributed by atoms with van der Waals surface area (Å²) >= 11 is 1.20. The van der Waals surface area contributed by atoms with E-state index in [1.165, 1.54) is 18.7 Å². The SMILES string of the molecule is CCC[C@H]1C[C@H](C(=O)N[C@@H]([C@H]2O[C@H](SC)[C@H](O)[C@@H](O)[C@H]2O)[C@H](C)O)N(C)C1. The smallest absolute Gasteiger partial charge is 0.237 e. The molecule has 0 radical (unpaired) electrons. The first-order valence-electron chi connectivity index (χ1n) is 9.62. The third-order valence-electron chi connectivity index (χ3n) is 5.66. The average molecular weight is 407 g/mol. The maximum absolute atomic E-state index is 12.8. The highest BCUT2D eigenvalue weighted by atomic mass is 32.2. The molecule has 0 aliphatic carbocycles. The van der Waals surface area contributed by atoms with Gasteiger partial charge < -0.3 is 30.5 Å². The number of thioether (sulfide) groups is 1. The number of rotatable bonds is 7. The lowest BCUT2D eigenvalue weighted by Crippen LogP contribution is -2.65. The van der Waals surface area contributed by atoms with Gasteiger partial charge in [0.05, 0.1) is 18.2 Å². The summed E-state index contributed by atoms with van der Waals surface area (Å²) in [4.78, 5) is 14.9. The fourth-order valence-corrected chi connectivity index (χ4v) is 4.81. The van der Waals surface area contributed by atoms with Crippen LogP contribution in [0.4, 0.5) is 0 Å². The van der Waals surface area contributed by atoms with Crippen LogP contribution >= 0.6 is 11.8 Å². The Morgan fingerprint density at radius 1 is 1.30 bits per heavy atom. The van der Waals surface area contributed by atoms with Gasteiger partial charge in [0.1, 0.15) is 29.9 Å². The van der Waals surface area contributed by atoms with Gasteiger partial charge >= 0.3 is 0 Å². The van der Waals surface area contributed by atoms with Crippen molar-refractivity contribution in [2.24, 2.45) is 5.92 Å². The Labute approximate surface area is 165 Å². The van der Waals surface area contributed by atoms with Crippen LogP contribution in [0.25, 0.3) is 0 Å². The topological polar surface area (TPSA) is 122 Å². The Morgan fingerprint density at radius 2 is 1.96 bits per heavy atom. The molecule has 0 bridgehead atoms. The molecule has 2 aliphatic heterocycles. The minimum Gasteiger partial charge on any atom is -0.391 e. The maximum atomic E-state index is 12.8. The van der Waals surface area contributed by atoms with Gasteiger partial charge in [-0.25, -0.2) is 0 Å². The first kappa shape index (κ1) is 22.9. The molecule has 158 valence electrons. The standard InChI is InChI=1S/C18H34N2O6S/c1-5-6-10-7-11(20(3)8-10)17(25)19-12(9(2)21)16-14(23)13(22)15(24)18(26-16)27-4/h9-16,18,21-24H,5-8H2,1-4H3,(H,19,25)/t9-,10-,11+,12+,13-,14+,15+,16+,18+/m0/s1. The number of likely N-dealkylation sites (N-methyl/N-ethyl adjacent to an activating group) is 1. The van der Waals surface area contributed by atoms with E-state index in [0.29, 0.717) is 5.92 Å². The number of carbonyl (C=O) groups is 1. The fourth-order valence-electron chi connectivity index (χ4n) is 4.13. The second kappa shape index (κ2) is 9.87. The molecule has 2 rings (SSSR count). The summed E-state index contributed by atoms with van der Waals surface area (Å²) in [6.45, 7) is 4.48. The third-order valence-corrected chi connectivity index (χ3v) is 6.51. The molecular weight excluding hydrogens is 372 g/mol. The number of ether oxygens (including phenoxy) is 1. The predicted molar refractivity (Wildman–Crippen MR) is 103 cm³/mol. The van der Waals surface area contributed by atoms with E-state index in [2.05, 4.69) is 12.2 Å². The van der Waals surface area contributed by atoms with Crippen molar-refractivity contribution < 1.29 is 30.0 Å². The molecule has 0 unspecified atom stereocenters. The number of nitrogens with zero attached hydrogens (tertiary/aromatic N) is 1. The van der Waals surface area contributed by atoms with E-state index in [-0.39, 0.29) is 11.9 Å². The molecule has 8 nitrogen and oxygen atoms in total. The highest BCUT2D eigenvalue weighted by molar-refractivity contribution is 7.99. The monoisotopic (exact) mass is 406 g/mol. The van der Waals surface area contributed by atoms with Gasteiger partial charge in [-0.2, -0.15) is 0 Å². The molecule has 2 heterocycles. The van der Waals surface area contributed by atoms with E-state index in [9.17, 15) is 25.2 Å². The fraction of sp³-hybridized carbons (Fsp3) is 0.944. The number of aliphatic hydroxyl groups excluding tert-OH is 4. The van der Waals surface area contributed by atoms with E-state index in [1.54, 1.807) is 6.26 Å². The summed E-state index contributed by atoms with van der Waals surface area (Å²) in [5.74, 6) is 0.245. The lowest BCUT2D eigenvalue weighted by Gasteiger charge is -2.44. The van der Waals surface area contributed by atoms with Gasteiger partial charge in [-0.1, -0.05) is 13.3 Å². The zero-order chi connectivity index (χ0) is 20.3. The summed E-state index contributed by atoms with van der Waals surface area (Å²) in [7, 11) is 1.91. The second-order valence-corrected chi connectivity index (χ2v) is 8.73. The van der Waals surface area contributed by atoms with E-state index in [0.717, 1.165) is 25.8 Å². The van der Waals surface area contributed by atoms with Crippen LogP contribution in [0, 0.1) is 5.92 Å². The molecule has 0 saturated carbocycles. The van der Waals surface area contributed by atoms with Gasteiger partial charge in [-0.3, -0.25) is 9.69 Å². The number of nitrogens with one attached hydrogen (secondary N) is 1. The van der Waals surface area contributed by atoms with Gasteiger partial charge in [0.25, 0.3) is 0 Å². The number of amides is 1. The van der Waals surface area contributed by atoms with Gasteiger partial charge in [0, 0.05) is 6.54 Å². The van der Waals surface area contributed by atoms with Crippen molar-refractivity contribution in [3.63, 3.8) is 0 Å². The molecule has 0 aromatic heterocycles. The molecule has 0 spiro atoms. The first-order valence-corrected chi connectivity index (χ1v) is 10.9. The van der Waals surface area contributed by atoms with Crippen LogP contribution in [-0.2, 0) is 9.53 Å². The Hall–Kier alpha value is -0.420. The highest BCUT2D eigenvalue weighted by Gasteiger charge is 2.48. The summed E-state index contributed by atoms with van der Waals surface area (Å²) in [6, 6.07) is -1.20. The number of hydrogen-bond donors (Lipinski definition) is 5. The molecule has 0 aromatic carbocycles. The summed E-state index contributed by atoms with van der Waals surface area (Å²) < 4.78 is 5.72. The van der Waals surface area contributed by atoms with Crippen molar-refractivity contribution in [1.82, 2.24) is 10.2 Å². The van der Waals surface area contributed by atoms with E-state index in [4.69, 9.17) is 4.74 Å². The van der Waals surface area contributed by atoms with Crippen molar-refractivity contribution in [2.45, 2.75) is 81.1 Å². The van der Waals surface area contributed by atoms with Crippen molar-refractivity contribution >= 4 is 17.7 Å². The third kappa shape index (κ3) is 5.14. The van der Waals surface area contributed by atoms with Crippen LogP contribution in [0.5, 0.6) is 0 Å². The summed E-state index contributed by atoms with van der Waals surface area (Å²) in [5, 5.41) is 43.5. The quantitative estimate of drug-likeness (QED) is 0.370. The summed E-state index contributed by atoms with van der Waals surface area (Å²) in [5.41, 5.74) is -0.755. The molecular formula is C18H34N2O6S. The highest BCUT2D eigenvalue weighted by Crippen LogP contribution is 2.30. The maximum Gasteiger partial charge on any atom is 0.237 e. The minimum atomic E-state index is -1.42. The summed E-state index contributed by atoms with van der Waals surface area (Å²) in [6.07, 6.45) is -1.50. The number of aliphatic hydroxyl groups is 4. The van der Waals surface area contributed by atoms with E-state index in [1.807, 2.05) is 11.9 Å². The van der Waals surface area contributed by atoms with Crippen LogP contribution in [0.15, 0.2) is 0 Å². The Balaban J connectivity index is 2.09. The minimum absolute atomic E-state index is 0.223. The van der Waals surface area contributed by atoms with Crippen molar-refractivity contribution in [3.05, 3.63) is 0 Å². The van der Waals surface area contributed by atoms with Crippen LogP contribution in [-0.4, -0.2) is 99.1 Å². The molecule has 27 heavy (non-hydrogen) atoms. The van der Waals surface area contributed by atoms with Crippen LogP contribution < -0.4 is 5.32 Å². The lowest BCUT2D eigenvalue weighted by atomic mass is 9.92. The van der Waals surface area contributed by atoms with E-state index < -0.39 is 42.0 Å². The second-order valence-electron chi connectivity index (χ2n) is 7.80. The Morgan fingerprint density at radius 3 is 2.52 bits per heavy atom. The van der Waals surface area contributed by atoms with Crippen LogP contribution in [0.3, 0.4) is 0 Å². The van der Waals surface area contributed by atoms with E-state index >= 15 is 0 Å². The zero-order valence-electron chi connectivity index (χ0n) is 16.5. The zero-order valence-corrected chi connectivity index (χ0v) is 17.3. The molecule has 5 N–H and O–H groups in total. The molecule has 1 amide bonds. The molecule has 0 aromatic rings. The van der Waals surface area contributed by atoms with Crippen molar-refractivity contribution in [2.75, 3.05) is 19.8 Å². The number of hydrogen-bond acceptors (Lipinski definition) is 8. The molecule has 9 atom stereocenters. The van der Waals surface area contributed by atoms with Gasteiger partial charge in [-0.15, -0.1) is 11.8 Å². The number of likely N-dealkylation sites (tertiary alicyclic amines) is 1. The molecule has 2 saturated heterocycles. The van der Waals surface area contributed by atoms with Crippen LogP contribution in [0.1, 0.15) is 33.1 Å².